The number of halogens is 1. The zero-order valence-corrected chi connectivity index (χ0v) is 18.1. The fourth-order valence-corrected chi connectivity index (χ4v) is 4.82. The van der Waals surface area contributed by atoms with E-state index >= 15 is 0 Å². The number of ether oxygens (including phenoxy) is 1. The first kappa shape index (κ1) is 21.2. The molecule has 0 atom stereocenters. The van der Waals surface area contributed by atoms with Crippen molar-refractivity contribution in [3.8, 4) is 10.4 Å². The van der Waals surface area contributed by atoms with Crippen LogP contribution in [-0.2, 0) is 9.53 Å². The van der Waals surface area contributed by atoms with Gasteiger partial charge in [-0.25, -0.2) is 9.18 Å². The summed E-state index contributed by atoms with van der Waals surface area (Å²) < 4.78 is 18.3. The van der Waals surface area contributed by atoms with Gasteiger partial charge in [0.25, 0.3) is 11.8 Å². The van der Waals surface area contributed by atoms with E-state index in [0.29, 0.717) is 35.9 Å². The first-order chi connectivity index (χ1) is 15.0. The van der Waals surface area contributed by atoms with Gasteiger partial charge in [0.1, 0.15) is 10.7 Å². The maximum atomic E-state index is 13.1. The highest BCUT2D eigenvalue weighted by Gasteiger charge is 2.26. The van der Waals surface area contributed by atoms with Crippen molar-refractivity contribution in [3.05, 3.63) is 69.5 Å². The van der Waals surface area contributed by atoms with Gasteiger partial charge in [-0.3, -0.25) is 9.59 Å². The number of carbonyl (C=O) groups is 3. The van der Waals surface area contributed by atoms with Crippen LogP contribution in [-0.4, -0.2) is 60.4 Å². The fourth-order valence-electron chi connectivity index (χ4n) is 3.22. The topological polar surface area (TPSA) is 66.9 Å². The standard InChI is InChI=1S/C22H19FN2O4S2/c23-16-5-3-15(4-6-16)17-7-8-19(31-17)22(28)29-14-20(26)24-9-11-25(12-10-24)21(27)18-2-1-13-30-18/h1-8,13H,9-12,14H2. The van der Waals surface area contributed by atoms with Crippen LogP contribution in [0.15, 0.2) is 53.9 Å². The van der Waals surface area contributed by atoms with Crippen LogP contribution < -0.4 is 0 Å². The largest absolute Gasteiger partial charge is 0.451 e. The number of esters is 1. The van der Waals surface area contributed by atoms with Crippen molar-refractivity contribution in [1.82, 2.24) is 9.80 Å². The van der Waals surface area contributed by atoms with Crippen LogP contribution in [0.3, 0.4) is 0 Å². The molecule has 0 aliphatic carbocycles. The molecule has 6 nitrogen and oxygen atoms in total. The smallest absolute Gasteiger partial charge is 0.348 e. The first-order valence-corrected chi connectivity index (χ1v) is 11.3. The number of piperazine rings is 1. The summed E-state index contributed by atoms with van der Waals surface area (Å²) in [4.78, 5) is 42.3. The summed E-state index contributed by atoms with van der Waals surface area (Å²) in [6, 6.07) is 13.0. The number of carbonyl (C=O) groups excluding carboxylic acids is 3. The molecule has 160 valence electrons. The Morgan fingerprint density at radius 1 is 0.903 bits per heavy atom. The molecule has 3 heterocycles. The number of hydrogen-bond acceptors (Lipinski definition) is 6. The van der Waals surface area contributed by atoms with Crippen LogP contribution in [0.4, 0.5) is 4.39 Å². The van der Waals surface area contributed by atoms with Crippen molar-refractivity contribution in [2.45, 2.75) is 0 Å². The van der Waals surface area contributed by atoms with E-state index in [2.05, 4.69) is 0 Å². The molecule has 0 unspecified atom stereocenters. The second-order valence-electron chi connectivity index (χ2n) is 6.90. The number of thiophene rings is 2. The van der Waals surface area contributed by atoms with E-state index in [1.54, 1.807) is 40.1 Å². The Hall–Kier alpha value is -3.04. The van der Waals surface area contributed by atoms with E-state index < -0.39 is 5.97 Å². The third kappa shape index (κ3) is 5.00. The second-order valence-corrected chi connectivity index (χ2v) is 8.93. The van der Waals surface area contributed by atoms with Gasteiger partial charge in [-0.05, 0) is 41.3 Å². The Kier molecular flexibility index (Phi) is 6.43. The summed E-state index contributed by atoms with van der Waals surface area (Å²) in [5.74, 6) is -1.21. The summed E-state index contributed by atoms with van der Waals surface area (Å²) in [6.07, 6.45) is 0. The molecule has 0 saturated carbocycles. The summed E-state index contributed by atoms with van der Waals surface area (Å²) >= 11 is 2.62. The lowest BCUT2D eigenvalue weighted by atomic mass is 10.2. The molecule has 0 spiro atoms. The number of benzene rings is 1. The normalized spacial score (nSPS) is 13.8. The third-order valence-corrected chi connectivity index (χ3v) is 6.89. The van der Waals surface area contributed by atoms with Crippen molar-refractivity contribution in [1.29, 1.82) is 0 Å². The van der Waals surface area contributed by atoms with Crippen molar-refractivity contribution in [2.75, 3.05) is 32.8 Å². The summed E-state index contributed by atoms with van der Waals surface area (Å²) in [5.41, 5.74) is 0.802. The molecule has 1 aromatic carbocycles. The lowest BCUT2D eigenvalue weighted by Crippen LogP contribution is -2.51. The molecule has 31 heavy (non-hydrogen) atoms. The first-order valence-electron chi connectivity index (χ1n) is 9.65. The van der Waals surface area contributed by atoms with Crippen LogP contribution in [0.2, 0.25) is 0 Å². The second kappa shape index (κ2) is 9.40. The Bertz CT molecular complexity index is 1070. The lowest BCUT2D eigenvalue weighted by molar-refractivity contribution is -0.136. The SMILES string of the molecule is O=C(OCC(=O)N1CCN(C(=O)c2cccs2)CC1)c1ccc(-c2ccc(F)cc2)s1. The monoisotopic (exact) mass is 458 g/mol. The quantitative estimate of drug-likeness (QED) is 0.546. The van der Waals surface area contributed by atoms with Crippen LogP contribution in [0.1, 0.15) is 19.3 Å². The van der Waals surface area contributed by atoms with E-state index in [1.807, 2.05) is 11.4 Å². The maximum absolute atomic E-state index is 13.1. The maximum Gasteiger partial charge on any atom is 0.348 e. The van der Waals surface area contributed by atoms with E-state index in [-0.39, 0.29) is 24.2 Å². The molecule has 0 N–H and O–H groups in total. The predicted octanol–water partition coefficient (Wildman–Crippen LogP) is 3.76. The average Bonchev–Trinajstić information content (AvgIpc) is 3.50. The molecule has 3 aromatic rings. The van der Waals surface area contributed by atoms with Crippen LogP contribution >= 0.6 is 22.7 Å². The van der Waals surface area contributed by atoms with Crippen LogP contribution in [0, 0.1) is 5.82 Å². The van der Waals surface area contributed by atoms with Gasteiger partial charge < -0.3 is 14.5 Å². The van der Waals surface area contributed by atoms with Gasteiger partial charge in [-0.1, -0.05) is 18.2 Å². The number of hydrogen-bond donors (Lipinski definition) is 0. The molecule has 0 radical (unpaired) electrons. The highest BCUT2D eigenvalue weighted by Crippen LogP contribution is 2.28. The highest BCUT2D eigenvalue weighted by atomic mass is 32.1. The average molecular weight is 459 g/mol. The zero-order valence-electron chi connectivity index (χ0n) is 16.5. The van der Waals surface area contributed by atoms with Gasteiger partial charge in [-0.15, -0.1) is 22.7 Å². The minimum atomic E-state index is -0.571. The molecular weight excluding hydrogens is 439 g/mol. The Morgan fingerprint density at radius 3 is 2.29 bits per heavy atom. The van der Waals surface area contributed by atoms with E-state index in [0.717, 1.165) is 10.4 Å². The Morgan fingerprint density at radius 2 is 1.61 bits per heavy atom. The molecule has 1 aliphatic heterocycles. The zero-order chi connectivity index (χ0) is 21.8. The number of nitrogens with zero attached hydrogens (tertiary/aromatic N) is 2. The predicted molar refractivity (Wildman–Crippen MR) is 117 cm³/mol. The minimum absolute atomic E-state index is 0.0248. The van der Waals surface area contributed by atoms with E-state index in [9.17, 15) is 18.8 Å². The van der Waals surface area contributed by atoms with Gasteiger partial charge in [0.15, 0.2) is 6.61 Å². The fraction of sp³-hybridized carbons (Fsp3) is 0.227. The van der Waals surface area contributed by atoms with Crippen molar-refractivity contribution in [3.63, 3.8) is 0 Å². The summed E-state index contributed by atoms with van der Waals surface area (Å²) in [7, 11) is 0. The molecule has 2 aromatic heterocycles. The Labute approximate surface area is 186 Å². The molecule has 2 amide bonds. The van der Waals surface area contributed by atoms with Crippen LogP contribution in [0.5, 0.6) is 0 Å². The number of rotatable bonds is 5. The van der Waals surface area contributed by atoms with Gasteiger partial charge in [0.05, 0.1) is 4.88 Å². The Balaban J connectivity index is 1.26. The summed E-state index contributed by atoms with van der Waals surface area (Å²) in [6.45, 7) is 1.36. The molecule has 1 aliphatic rings. The van der Waals surface area contributed by atoms with Crippen molar-refractivity contribution >= 4 is 40.5 Å². The van der Waals surface area contributed by atoms with E-state index in [4.69, 9.17) is 4.74 Å². The van der Waals surface area contributed by atoms with Crippen LogP contribution in [0.25, 0.3) is 10.4 Å². The third-order valence-electron chi connectivity index (χ3n) is 4.91. The summed E-state index contributed by atoms with van der Waals surface area (Å²) in [5, 5.41) is 1.86. The lowest BCUT2D eigenvalue weighted by Gasteiger charge is -2.34. The van der Waals surface area contributed by atoms with Gasteiger partial charge in [-0.2, -0.15) is 0 Å². The number of amides is 2. The van der Waals surface area contributed by atoms with Gasteiger partial charge >= 0.3 is 5.97 Å². The molecule has 1 saturated heterocycles. The minimum Gasteiger partial charge on any atom is -0.451 e. The van der Waals surface area contributed by atoms with Gasteiger partial charge in [0.2, 0.25) is 0 Å². The highest BCUT2D eigenvalue weighted by molar-refractivity contribution is 7.17. The molecule has 9 heteroatoms. The molecule has 1 fully saturated rings. The molecule has 4 rings (SSSR count). The van der Waals surface area contributed by atoms with E-state index in [1.165, 1.54) is 34.8 Å². The van der Waals surface area contributed by atoms with Crippen molar-refractivity contribution in [2.24, 2.45) is 0 Å². The molecule has 0 bridgehead atoms. The van der Waals surface area contributed by atoms with Crippen molar-refractivity contribution < 1.29 is 23.5 Å². The van der Waals surface area contributed by atoms with Gasteiger partial charge in [0, 0.05) is 31.1 Å². The molecular formula is C22H19FN2O4S2.